The third-order valence-corrected chi connectivity index (χ3v) is 4.13. The van der Waals surface area contributed by atoms with E-state index in [1.54, 1.807) is 0 Å². The quantitative estimate of drug-likeness (QED) is 0.347. The van der Waals surface area contributed by atoms with Crippen LogP contribution in [0.2, 0.25) is 0 Å². The Morgan fingerprint density at radius 2 is 1.35 bits per heavy atom. The van der Waals surface area contributed by atoms with E-state index in [1.807, 2.05) is 0 Å². The van der Waals surface area contributed by atoms with E-state index in [1.165, 1.54) is 32.3 Å². The zero-order valence-electron chi connectivity index (χ0n) is 11.4. The molecule has 0 spiro atoms. The van der Waals surface area contributed by atoms with Crippen molar-refractivity contribution in [3.05, 3.63) is 66.2 Å². The Hall–Kier alpha value is -2.54. The van der Waals surface area contributed by atoms with Crippen molar-refractivity contribution in [2.24, 2.45) is 0 Å². The van der Waals surface area contributed by atoms with E-state index in [0.717, 1.165) is 11.3 Å². The van der Waals surface area contributed by atoms with Crippen LogP contribution in [-0.4, -0.2) is 0 Å². The van der Waals surface area contributed by atoms with Gasteiger partial charge in [-0.15, -0.1) is 0 Å². The van der Waals surface area contributed by atoms with E-state index < -0.39 is 0 Å². The highest BCUT2D eigenvalue weighted by Crippen LogP contribution is 2.32. The van der Waals surface area contributed by atoms with Crippen LogP contribution in [0, 0.1) is 6.92 Å². The molecule has 20 heavy (non-hydrogen) atoms. The summed E-state index contributed by atoms with van der Waals surface area (Å²) in [4.78, 5) is 0. The van der Waals surface area contributed by atoms with Gasteiger partial charge in [0.05, 0.1) is 0 Å². The molecule has 1 heteroatoms. The van der Waals surface area contributed by atoms with Gasteiger partial charge >= 0.3 is 0 Å². The molecule has 0 aliphatic carbocycles. The lowest BCUT2D eigenvalue weighted by Crippen LogP contribution is -1.90. The van der Waals surface area contributed by atoms with Gasteiger partial charge in [-0.2, -0.15) is 0 Å². The molecule has 0 bridgehead atoms. The molecule has 0 atom stereocenters. The lowest BCUT2D eigenvalue weighted by Gasteiger charge is -2.09. The Balaban J connectivity index is 2.25. The molecule has 0 saturated heterocycles. The van der Waals surface area contributed by atoms with Crippen molar-refractivity contribution in [1.29, 1.82) is 0 Å². The lowest BCUT2D eigenvalue weighted by atomic mass is 9.96. The van der Waals surface area contributed by atoms with Crippen LogP contribution >= 0.6 is 0 Å². The normalized spacial score (nSPS) is 11.4. The number of nitrogen functional groups attached to an aromatic ring is 1. The van der Waals surface area contributed by atoms with Gasteiger partial charge in [-0.05, 0) is 56.9 Å². The Bertz CT molecular complexity index is 967. The summed E-state index contributed by atoms with van der Waals surface area (Å²) < 4.78 is 0. The SMILES string of the molecule is Cc1cc2ccc3c4ccccc4ccc3c2cc1N. The summed E-state index contributed by atoms with van der Waals surface area (Å²) in [5.74, 6) is 0. The van der Waals surface area contributed by atoms with Crippen LogP contribution in [-0.2, 0) is 0 Å². The van der Waals surface area contributed by atoms with Gasteiger partial charge in [-0.1, -0.05) is 48.5 Å². The molecule has 4 rings (SSSR count). The van der Waals surface area contributed by atoms with Crippen LogP contribution in [0.1, 0.15) is 5.56 Å². The maximum absolute atomic E-state index is 6.09. The zero-order chi connectivity index (χ0) is 13.7. The predicted molar refractivity (Wildman–Crippen MR) is 88.1 cm³/mol. The molecule has 0 aromatic heterocycles. The second-order valence-corrected chi connectivity index (χ2v) is 5.38. The molecule has 0 fully saturated rings. The first kappa shape index (κ1) is 11.3. The van der Waals surface area contributed by atoms with E-state index in [2.05, 4.69) is 67.6 Å². The second-order valence-electron chi connectivity index (χ2n) is 5.38. The van der Waals surface area contributed by atoms with Crippen molar-refractivity contribution in [3.8, 4) is 0 Å². The van der Waals surface area contributed by atoms with Crippen molar-refractivity contribution in [3.63, 3.8) is 0 Å². The molecule has 0 aliphatic heterocycles. The predicted octanol–water partition coefficient (Wildman–Crippen LogP) is 5.04. The number of aryl methyl sites for hydroxylation is 1. The van der Waals surface area contributed by atoms with E-state index in [0.29, 0.717) is 0 Å². The summed E-state index contributed by atoms with van der Waals surface area (Å²) in [5, 5.41) is 7.62. The molecule has 2 N–H and O–H groups in total. The van der Waals surface area contributed by atoms with Gasteiger partial charge in [0.1, 0.15) is 0 Å². The van der Waals surface area contributed by atoms with Gasteiger partial charge in [-0.25, -0.2) is 0 Å². The van der Waals surface area contributed by atoms with E-state index >= 15 is 0 Å². The molecule has 0 radical (unpaired) electrons. The Kier molecular flexibility index (Phi) is 2.25. The number of benzene rings is 4. The van der Waals surface area contributed by atoms with Gasteiger partial charge in [0, 0.05) is 5.69 Å². The molecular weight excluding hydrogens is 242 g/mol. The standard InChI is InChI=1S/C19H15N/c1-12-10-14-7-9-16-15-5-3-2-4-13(15)6-8-17(16)18(14)11-19(12)20/h2-11H,20H2,1H3. The first-order valence-corrected chi connectivity index (χ1v) is 6.84. The number of anilines is 1. The number of hydrogen-bond donors (Lipinski definition) is 1. The first-order chi connectivity index (χ1) is 9.74. The van der Waals surface area contributed by atoms with Crippen molar-refractivity contribution < 1.29 is 0 Å². The molecule has 0 aliphatic rings. The van der Waals surface area contributed by atoms with Gasteiger partial charge in [-0.3, -0.25) is 0 Å². The summed E-state index contributed by atoms with van der Waals surface area (Å²) in [6.45, 7) is 2.05. The van der Waals surface area contributed by atoms with Gasteiger partial charge in [0.25, 0.3) is 0 Å². The number of nitrogens with two attached hydrogens (primary N) is 1. The second kappa shape index (κ2) is 3.97. The van der Waals surface area contributed by atoms with Crippen LogP contribution in [0.4, 0.5) is 5.69 Å². The molecule has 0 unspecified atom stereocenters. The minimum atomic E-state index is 0.859. The fourth-order valence-corrected chi connectivity index (χ4v) is 3.00. The van der Waals surface area contributed by atoms with Crippen molar-refractivity contribution in [1.82, 2.24) is 0 Å². The monoisotopic (exact) mass is 257 g/mol. The summed E-state index contributed by atoms with van der Waals surface area (Å²) >= 11 is 0. The molecule has 4 aromatic rings. The molecule has 0 saturated carbocycles. The Labute approximate surface area is 117 Å². The van der Waals surface area contributed by atoms with Gasteiger partial charge in [0.2, 0.25) is 0 Å². The van der Waals surface area contributed by atoms with Crippen molar-refractivity contribution in [2.45, 2.75) is 6.92 Å². The van der Waals surface area contributed by atoms with Crippen molar-refractivity contribution in [2.75, 3.05) is 5.73 Å². The zero-order valence-corrected chi connectivity index (χ0v) is 11.4. The topological polar surface area (TPSA) is 26.0 Å². The van der Waals surface area contributed by atoms with Gasteiger partial charge < -0.3 is 5.73 Å². The highest BCUT2D eigenvalue weighted by Gasteiger charge is 2.05. The Morgan fingerprint density at radius 3 is 2.20 bits per heavy atom. The summed E-state index contributed by atoms with van der Waals surface area (Å²) in [6.07, 6.45) is 0. The average Bonchev–Trinajstić information content (AvgIpc) is 2.48. The number of hydrogen-bond acceptors (Lipinski definition) is 1. The van der Waals surface area contributed by atoms with E-state index in [4.69, 9.17) is 5.73 Å². The largest absolute Gasteiger partial charge is 0.398 e. The average molecular weight is 257 g/mol. The minimum Gasteiger partial charge on any atom is -0.398 e. The third kappa shape index (κ3) is 1.50. The number of rotatable bonds is 0. The van der Waals surface area contributed by atoms with Gasteiger partial charge in [0.15, 0.2) is 0 Å². The van der Waals surface area contributed by atoms with E-state index in [9.17, 15) is 0 Å². The molecule has 0 heterocycles. The Morgan fingerprint density at radius 1 is 0.650 bits per heavy atom. The highest BCUT2D eigenvalue weighted by molar-refractivity contribution is 6.17. The smallest absolute Gasteiger partial charge is 0.0350 e. The summed E-state index contributed by atoms with van der Waals surface area (Å²) in [6, 6.07) is 21.6. The minimum absolute atomic E-state index is 0.859. The summed E-state index contributed by atoms with van der Waals surface area (Å²) in [7, 11) is 0. The van der Waals surface area contributed by atoms with E-state index in [-0.39, 0.29) is 0 Å². The maximum Gasteiger partial charge on any atom is 0.0350 e. The summed E-state index contributed by atoms with van der Waals surface area (Å²) in [5.41, 5.74) is 8.09. The third-order valence-electron chi connectivity index (χ3n) is 4.13. The molecule has 96 valence electrons. The van der Waals surface area contributed by atoms with Crippen molar-refractivity contribution >= 4 is 38.0 Å². The van der Waals surface area contributed by atoms with Crippen LogP contribution in [0.5, 0.6) is 0 Å². The maximum atomic E-state index is 6.09. The fourth-order valence-electron chi connectivity index (χ4n) is 3.00. The van der Waals surface area contributed by atoms with Crippen LogP contribution < -0.4 is 5.73 Å². The molecule has 4 aromatic carbocycles. The first-order valence-electron chi connectivity index (χ1n) is 6.84. The van der Waals surface area contributed by atoms with Crippen LogP contribution in [0.15, 0.2) is 60.7 Å². The van der Waals surface area contributed by atoms with Crippen LogP contribution in [0.25, 0.3) is 32.3 Å². The molecule has 1 nitrogen and oxygen atoms in total. The van der Waals surface area contributed by atoms with Crippen LogP contribution in [0.3, 0.4) is 0 Å². The molecule has 0 amide bonds. The highest BCUT2D eigenvalue weighted by atomic mass is 14.6. The fraction of sp³-hybridized carbons (Fsp3) is 0.0526. The molecular formula is C19H15N. The number of fused-ring (bicyclic) bond motifs is 5. The lowest BCUT2D eigenvalue weighted by molar-refractivity contribution is 1.51.